The summed E-state index contributed by atoms with van der Waals surface area (Å²) in [5.74, 6) is 1.46. The number of methoxy groups -OCH3 is 1. The summed E-state index contributed by atoms with van der Waals surface area (Å²) < 4.78 is 10.2. The van der Waals surface area contributed by atoms with Crippen molar-refractivity contribution in [2.24, 2.45) is 0 Å². The summed E-state index contributed by atoms with van der Waals surface area (Å²) in [6.45, 7) is 2.58. The second-order valence-electron chi connectivity index (χ2n) is 4.66. The molecule has 0 aromatic carbocycles. The first-order valence-corrected chi connectivity index (χ1v) is 6.72. The van der Waals surface area contributed by atoms with E-state index in [2.05, 4.69) is 9.97 Å². The molecule has 1 amide bonds. The van der Waals surface area contributed by atoms with E-state index in [0.717, 1.165) is 0 Å². The highest BCUT2D eigenvalue weighted by atomic mass is 16.5. The molecule has 1 aliphatic heterocycles. The minimum absolute atomic E-state index is 0.0776. The lowest BCUT2D eigenvalue weighted by molar-refractivity contribution is 0.0714. The fourth-order valence-electron chi connectivity index (χ4n) is 2.26. The minimum atomic E-state index is -0.0776. The highest BCUT2D eigenvalue weighted by Gasteiger charge is 2.24. The molecule has 1 saturated heterocycles. The summed E-state index contributed by atoms with van der Waals surface area (Å²) in [4.78, 5) is 24.5. The predicted octanol–water partition coefficient (Wildman–Crippen LogP) is 1.04. The summed E-state index contributed by atoms with van der Waals surface area (Å²) in [5.41, 5.74) is 0. The van der Waals surface area contributed by atoms with E-state index in [4.69, 9.17) is 9.15 Å². The van der Waals surface area contributed by atoms with Crippen molar-refractivity contribution in [1.82, 2.24) is 14.9 Å². The summed E-state index contributed by atoms with van der Waals surface area (Å²) >= 11 is 0. The van der Waals surface area contributed by atoms with Gasteiger partial charge >= 0.3 is 0 Å². The molecule has 0 atom stereocenters. The number of anilines is 1. The largest absolute Gasteiger partial charge is 0.481 e. The number of amides is 1. The van der Waals surface area contributed by atoms with Crippen molar-refractivity contribution >= 4 is 11.9 Å². The second-order valence-corrected chi connectivity index (χ2v) is 4.66. The fraction of sp³-hybridized carbons (Fsp3) is 0.357. The number of ether oxygens (including phenoxy) is 1. The van der Waals surface area contributed by atoms with Crippen LogP contribution in [0.3, 0.4) is 0 Å². The topological polar surface area (TPSA) is 71.7 Å². The molecule has 3 rings (SSSR count). The SMILES string of the molecule is COc1ccnc(N2CCN(C(=O)c3ccco3)CC2)n1. The van der Waals surface area contributed by atoms with Crippen LogP contribution in [0.25, 0.3) is 0 Å². The molecular weight excluding hydrogens is 272 g/mol. The quantitative estimate of drug-likeness (QED) is 0.840. The lowest BCUT2D eigenvalue weighted by atomic mass is 10.3. The third-order valence-corrected chi connectivity index (χ3v) is 3.41. The van der Waals surface area contributed by atoms with Gasteiger partial charge in [-0.05, 0) is 12.1 Å². The van der Waals surface area contributed by atoms with E-state index in [9.17, 15) is 4.79 Å². The van der Waals surface area contributed by atoms with Gasteiger partial charge in [0.2, 0.25) is 11.8 Å². The first kappa shape index (κ1) is 13.4. The van der Waals surface area contributed by atoms with Crippen molar-refractivity contribution in [3.8, 4) is 5.88 Å². The van der Waals surface area contributed by atoms with Crippen molar-refractivity contribution in [1.29, 1.82) is 0 Å². The Morgan fingerprint density at radius 3 is 2.76 bits per heavy atom. The fourth-order valence-corrected chi connectivity index (χ4v) is 2.26. The van der Waals surface area contributed by atoms with Gasteiger partial charge in [-0.1, -0.05) is 0 Å². The molecule has 2 aromatic rings. The molecule has 0 bridgehead atoms. The number of aromatic nitrogens is 2. The molecule has 0 radical (unpaired) electrons. The molecule has 1 aliphatic rings. The van der Waals surface area contributed by atoms with Crippen LogP contribution in [-0.2, 0) is 0 Å². The maximum absolute atomic E-state index is 12.2. The van der Waals surface area contributed by atoms with Crippen molar-refractivity contribution in [3.63, 3.8) is 0 Å². The van der Waals surface area contributed by atoms with Gasteiger partial charge in [0.25, 0.3) is 5.91 Å². The second kappa shape index (κ2) is 5.82. The van der Waals surface area contributed by atoms with Crippen LogP contribution in [0.2, 0.25) is 0 Å². The molecule has 2 aromatic heterocycles. The number of piperazine rings is 1. The predicted molar refractivity (Wildman–Crippen MR) is 75.4 cm³/mol. The Morgan fingerprint density at radius 1 is 1.29 bits per heavy atom. The summed E-state index contributed by atoms with van der Waals surface area (Å²) in [6, 6.07) is 5.10. The number of hydrogen-bond donors (Lipinski definition) is 0. The zero-order valence-electron chi connectivity index (χ0n) is 11.7. The van der Waals surface area contributed by atoms with Crippen molar-refractivity contribution in [2.45, 2.75) is 0 Å². The Labute approximate surface area is 122 Å². The molecular formula is C14H16N4O3. The average Bonchev–Trinajstić information content (AvgIpc) is 3.09. The van der Waals surface area contributed by atoms with Gasteiger partial charge in [-0.3, -0.25) is 4.79 Å². The Bertz CT molecular complexity index is 606. The van der Waals surface area contributed by atoms with Gasteiger partial charge in [0, 0.05) is 38.4 Å². The molecule has 3 heterocycles. The lowest BCUT2D eigenvalue weighted by Crippen LogP contribution is -2.49. The van der Waals surface area contributed by atoms with Crippen LogP contribution < -0.4 is 9.64 Å². The molecule has 0 spiro atoms. The van der Waals surface area contributed by atoms with Crippen molar-refractivity contribution < 1.29 is 13.9 Å². The van der Waals surface area contributed by atoms with Crippen molar-refractivity contribution in [3.05, 3.63) is 36.4 Å². The van der Waals surface area contributed by atoms with Crippen LogP contribution in [-0.4, -0.2) is 54.1 Å². The Balaban J connectivity index is 1.63. The van der Waals surface area contributed by atoms with E-state index in [1.54, 1.807) is 36.4 Å². The number of nitrogens with zero attached hydrogens (tertiary/aromatic N) is 4. The summed E-state index contributed by atoms with van der Waals surface area (Å²) in [7, 11) is 1.58. The summed E-state index contributed by atoms with van der Waals surface area (Å²) in [5, 5.41) is 0. The van der Waals surface area contributed by atoms with Gasteiger partial charge in [-0.25, -0.2) is 4.98 Å². The molecule has 7 nitrogen and oxygen atoms in total. The van der Waals surface area contributed by atoms with Crippen LogP contribution in [0.4, 0.5) is 5.95 Å². The van der Waals surface area contributed by atoms with E-state index < -0.39 is 0 Å². The van der Waals surface area contributed by atoms with Gasteiger partial charge < -0.3 is 19.0 Å². The Morgan fingerprint density at radius 2 is 2.10 bits per heavy atom. The molecule has 7 heteroatoms. The molecule has 0 N–H and O–H groups in total. The Hall–Kier alpha value is -2.57. The van der Waals surface area contributed by atoms with Crippen LogP contribution in [0.5, 0.6) is 5.88 Å². The van der Waals surface area contributed by atoms with Gasteiger partial charge in [-0.15, -0.1) is 0 Å². The molecule has 1 fully saturated rings. The van der Waals surface area contributed by atoms with E-state index >= 15 is 0 Å². The van der Waals surface area contributed by atoms with Crippen molar-refractivity contribution in [2.75, 3.05) is 38.2 Å². The summed E-state index contributed by atoms with van der Waals surface area (Å²) in [6.07, 6.45) is 3.18. The average molecular weight is 288 g/mol. The number of hydrogen-bond acceptors (Lipinski definition) is 6. The lowest BCUT2D eigenvalue weighted by Gasteiger charge is -2.34. The van der Waals surface area contributed by atoms with Crippen LogP contribution in [0.1, 0.15) is 10.6 Å². The number of carbonyl (C=O) groups is 1. The zero-order valence-corrected chi connectivity index (χ0v) is 11.7. The molecule has 0 saturated carbocycles. The maximum Gasteiger partial charge on any atom is 0.289 e. The Kier molecular flexibility index (Phi) is 3.72. The van der Waals surface area contributed by atoms with Gasteiger partial charge in [0.1, 0.15) is 0 Å². The number of carbonyl (C=O) groups excluding carboxylic acids is 1. The van der Waals surface area contributed by atoms with E-state index in [1.165, 1.54) is 6.26 Å². The molecule has 110 valence electrons. The standard InChI is InChI=1S/C14H16N4O3/c1-20-12-4-5-15-14(16-12)18-8-6-17(7-9-18)13(19)11-3-2-10-21-11/h2-5,10H,6-9H2,1H3. The molecule has 0 unspecified atom stereocenters. The third kappa shape index (κ3) is 2.81. The highest BCUT2D eigenvalue weighted by Crippen LogP contribution is 2.15. The van der Waals surface area contributed by atoms with E-state index in [-0.39, 0.29) is 5.91 Å². The number of rotatable bonds is 3. The minimum Gasteiger partial charge on any atom is -0.481 e. The van der Waals surface area contributed by atoms with E-state index in [0.29, 0.717) is 43.8 Å². The van der Waals surface area contributed by atoms with Crippen LogP contribution in [0, 0.1) is 0 Å². The van der Waals surface area contributed by atoms with Gasteiger partial charge in [-0.2, -0.15) is 4.98 Å². The maximum atomic E-state index is 12.2. The highest BCUT2D eigenvalue weighted by molar-refractivity contribution is 5.91. The van der Waals surface area contributed by atoms with Crippen LogP contribution in [0.15, 0.2) is 35.1 Å². The third-order valence-electron chi connectivity index (χ3n) is 3.41. The number of furan rings is 1. The smallest absolute Gasteiger partial charge is 0.289 e. The first-order valence-electron chi connectivity index (χ1n) is 6.72. The molecule has 0 aliphatic carbocycles. The van der Waals surface area contributed by atoms with Gasteiger partial charge in [0.05, 0.1) is 13.4 Å². The van der Waals surface area contributed by atoms with E-state index in [1.807, 2.05) is 4.90 Å². The van der Waals surface area contributed by atoms with Crippen LogP contribution >= 0.6 is 0 Å². The zero-order chi connectivity index (χ0) is 14.7. The monoisotopic (exact) mass is 288 g/mol. The first-order chi connectivity index (χ1) is 10.3. The normalized spacial score (nSPS) is 15.1. The van der Waals surface area contributed by atoms with Gasteiger partial charge in [0.15, 0.2) is 5.76 Å². The molecule has 21 heavy (non-hydrogen) atoms.